The molecule has 2 aromatic rings. The van der Waals surface area contributed by atoms with E-state index in [2.05, 4.69) is 14.7 Å². The molecule has 0 spiro atoms. The van der Waals surface area contributed by atoms with Crippen molar-refractivity contribution in [3.8, 4) is 11.4 Å². The van der Waals surface area contributed by atoms with Crippen LogP contribution in [0.4, 0.5) is 13.2 Å². The molecule has 0 radical (unpaired) electrons. The van der Waals surface area contributed by atoms with Crippen molar-refractivity contribution in [1.82, 2.24) is 15.0 Å². The number of likely N-dealkylation sites (N-methyl/N-ethyl adjacent to an activating group) is 1. The van der Waals surface area contributed by atoms with Gasteiger partial charge >= 0.3 is 12.1 Å². The van der Waals surface area contributed by atoms with E-state index in [0.717, 1.165) is 5.56 Å². The first kappa shape index (κ1) is 17.4. The van der Waals surface area contributed by atoms with Crippen LogP contribution >= 0.6 is 0 Å². The number of alkyl halides is 3. The number of rotatable bonds is 4. The van der Waals surface area contributed by atoms with E-state index in [4.69, 9.17) is 9.47 Å². The van der Waals surface area contributed by atoms with Crippen LogP contribution in [0.3, 0.4) is 0 Å². The first-order valence-corrected chi connectivity index (χ1v) is 7.33. The number of nitrogens with zero attached hydrogens (tertiary/aromatic N) is 3. The van der Waals surface area contributed by atoms with Crippen LogP contribution in [0.15, 0.2) is 28.8 Å². The summed E-state index contributed by atoms with van der Waals surface area (Å²) in [5, 5.41) is 3.32. The third kappa shape index (κ3) is 3.97. The van der Waals surface area contributed by atoms with Crippen molar-refractivity contribution in [3.05, 3.63) is 35.7 Å². The van der Waals surface area contributed by atoms with E-state index in [1.165, 1.54) is 4.90 Å². The second kappa shape index (κ2) is 6.81. The Hall–Kier alpha value is -2.46. The maximum Gasteiger partial charge on any atom is 0.471 e. The minimum atomic E-state index is -4.68. The molecule has 1 fully saturated rings. The number of hydrogen-bond donors (Lipinski definition) is 0. The first-order chi connectivity index (χ1) is 11.8. The van der Waals surface area contributed by atoms with E-state index >= 15 is 0 Å². The van der Waals surface area contributed by atoms with E-state index in [1.54, 1.807) is 31.3 Å². The van der Waals surface area contributed by atoms with Gasteiger partial charge in [0.1, 0.15) is 0 Å². The summed E-state index contributed by atoms with van der Waals surface area (Å²) in [6, 6.07) is 6.45. The molecule has 1 aromatic carbocycles. The van der Waals surface area contributed by atoms with Gasteiger partial charge in [-0.1, -0.05) is 29.4 Å². The second-order valence-corrected chi connectivity index (χ2v) is 5.39. The second-order valence-electron chi connectivity index (χ2n) is 5.39. The summed E-state index contributed by atoms with van der Waals surface area (Å²) in [6.45, 7) is 1.05. The molecule has 7 nitrogen and oxygen atoms in total. The topological polar surface area (TPSA) is 77.7 Å². The normalized spacial score (nSPS) is 15.5. The summed E-state index contributed by atoms with van der Waals surface area (Å²) in [5.41, 5.74) is 1.15. The van der Waals surface area contributed by atoms with Gasteiger partial charge in [-0.2, -0.15) is 18.2 Å². The van der Waals surface area contributed by atoms with Crippen molar-refractivity contribution in [3.63, 3.8) is 0 Å². The highest BCUT2D eigenvalue weighted by Gasteiger charge is 2.38. The number of amides is 1. The molecule has 1 amide bonds. The number of benzene rings is 1. The molecule has 1 saturated heterocycles. The number of aromatic nitrogens is 2. The van der Waals surface area contributed by atoms with Crippen molar-refractivity contribution < 1.29 is 32.0 Å². The van der Waals surface area contributed by atoms with Gasteiger partial charge in [0, 0.05) is 19.2 Å². The van der Waals surface area contributed by atoms with Gasteiger partial charge in [-0.15, -0.1) is 0 Å². The Morgan fingerprint density at radius 1 is 1.24 bits per heavy atom. The first-order valence-electron chi connectivity index (χ1n) is 7.33. The zero-order valence-corrected chi connectivity index (χ0v) is 13.1. The number of hydrogen-bond acceptors (Lipinski definition) is 6. The molecule has 1 aromatic heterocycles. The number of carbonyl (C=O) groups is 1. The SMILES string of the molecule is CN(Cc1ccc(-c2noc(C(F)(F)F)n2)cc1)C(=O)C1OCCO1. The highest BCUT2D eigenvalue weighted by atomic mass is 19.4. The molecular weight excluding hydrogens is 343 g/mol. The molecule has 134 valence electrons. The lowest BCUT2D eigenvalue weighted by molar-refractivity contribution is -0.159. The van der Waals surface area contributed by atoms with Crippen molar-refractivity contribution in [2.45, 2.75) is 19.0 Å². The van der Waals surface area contributed by atoms with Crippen LogP contribution in [0, 0.1) is 0 Å². The van der Waals surface area contributed by atoms with Crippen molar-refractivity contribution in [2.75, 3.05) is 20.3 Å². The Morgan fingerprint density at radius 2 is 1.88 bits per heavy atom. The average Bonchev–Trinajstić information content (AvgIpc) is 3.26. The number of carbonyl (C=O) groups excluding carboxylic acids is 1. The van der Waals surface area contributed by atoms with Gasteiger partial charge in [0.2, 0.25) is 12.1 Å². The zero-order valence-electron chi connectivity index (χ0n) is 13.1. The summed E-state index contributed by atoms with van der Waals surface area (Å²) in [4.78, 5) is 16.8. The molecule has 0 unspecified atom stereocenters. The molecule has 2 heterocycles. The Kier molecular flexibility index (Phi) is 4.73. The Morgan fingerprint density at radius 3 is 2.44 bits per heavy atom. The quantitative estimate of drug-likeness (QED) is 0.834. The van der Waals surface area contributed by atoms with Gasteiger partial charge < -0.3 is 18.9 Å². The van der Waals surface area contributed by atoms with Crippen LogP contribution in [0.2, 0.25) is 0 Å². The molecule has 3 rings (SSSR count). The summed E-state index contributed by atoms with van der Waals surface area (Å²) in [5.74, 6) is -1.85. The number of ether oxygens (including phenoxy) is 2. The fraction of sp³-hybridized carbons (Fsp3) is 0.400. The summed E-state index contributed by atoms with van der Waals surface area (Å²) >= 11 is 0. The van der Waals surface area contributed by atoms with Gasteiger partial charge in [-0.25, -0.2) is 0 Å². The molecule has 0 N–H and O–H groups in total. The highest BCUT2D eigenvalue weighted by Crippen LogP contribution is 2.29. The largest absolute Gasteiger partial charge is 0.471 e. The van der Waals surface area contributed by atoms with Gasteiger partial charge in [-0.3, -0.25) is 4.79 Å². The minimum Gasteiger partial charge on any atom is -0.342 e. The van der Waals surface area contributed by atoms with E-state index in [0.29, 0.717) is 25.3 Å². The van der Waals surface area contributed by atoms with Crippen LogP contribution < -0.4 is 0 Å². The summed E-state index contributed by atoms with van der Waals surface area (Å²) in [7, 11) is 1.61. The predicted molar refractivity (Wildman–Crippen MR) is 76.9 cm³/mol. The van der Waals surface area contributed by atoms with Crippen LogP contribution in [0.1, 0.15) is 11.5 Å². The van der Waals surface area contributed by atoms with Crippen molar-refractivity contribution in [2.24, 2.45) is 0 Å². The number of halogens is 3. The maximum absolute atomic E-state index is 12.5. The molecule has 0 atom stereocenters. The molecular formula is C15H14F3N3O4. The summed E-state index contributed by atoms with van der Waals surface area (Å²) in [6.07, 6.45) is -5.57. The van der Waals surface area contributed by atoms with Gasteiger partial charge in [0.15, 0.2) is 0 Å². The molecule has 0 saturated carbocycles. The Balaban J connectivity index is 1.66. The zero-order chi connectivity index (χ0) is 18.0. The maximum atomic E-state index is 12.5. The van der Waals surface area contributed by atoms with Gasteiger partial charge in [-0.05, 0) is 5.56 Å². The molecule has 10 heteroatoms. The van der Waals surface area contributed by atoms with E-state index < -0.39 is 18.4 Å². The Labute approximate surface area is 140 Å². The lowest BCUT2D eigenvalue weighted by atomic mass is 10.1. The standard InChI is InChI=1S/C15H14F3N3O4/c1-21(12(22)13-23-6-7-24-13)8-9-2-4-10(5-3-9)11-19-14(25-20-11)15(16,17)18/h2-5,13H,6-8H2,1H3. The van der Waals surface area contributed by atoms with Crippen molar-refractivity contribution in [1.29, 1.82) is 0 Å². The molecule has 0 aliphatic carbocycles. The molecule has 0 bridgehead atoms. The summed E-state index contributed by atoms with van der Waals surface area (Å²) < 4.78 is 51.9. The smallest absolute Gasteiger partial charge is 0.342 e. The van der Waals surface area contributed by atoms with E-state index in [-0.39, 0.29) is 11.7 Å². The third-order valence-electron chi connectivity index (χ3n) is 3.50. The van der Waals surface area contributed by atoms with Crippen LogP contribution in [0.25, 0.3) is 11.4 Å². The van der Waals surface area contributed by atoms with E-state index in [9.17, 15) is 18.0 Å². The highest BCUT2D eigenvalue weighted by molar-refractivity contribution is 5.79. The lowest BCUT2D eigenvalue weighted by Crippen LogP contribution is -2.36. The minimum absolute atomic E-state index is 0.156. The van der Waals surface area contributed by atoms with Crippen molar-refractivity contribution >= 4 is 5.91 Å². The molecule has 1 aliphatic heterocycles. The molecule has 25 heavy (non-hydrogen) atoms. The monoisotopic (exact) mass is 357 g/mol. The van der Waals surface area contributed by atoms with E-state index in [1.807, 2.05) is 0 Å². The van der Waals surface area contributed by atoms with Crippen LogP contribution in [-0.2, 0) is 27.0 Å². The lowest BCUT2D eigenvalue weighted by Gasteiger charge is -2.20. The van der Waals surface area contributed by atoms with Gasteiger partial charge in [0.25, 0.3) is 5.91 Å². The predicted octanol–water partition coefficient (Wildman–Crippen LogP) is 2.09. The Bertz CT molecular complexity index is 739. The third-order valence-corrected chi connectivity index (χ3v) is 3.50. The van der Waals surface area contributed by atoms with Crippen LogP contribution in [-0.4, -0.2) is 47.5 Å². The average molecular weight is 357 g/mol. The van der Waals surface area contributed by atoms with Crippen LogP contribution in [0.5, 0.6) is 0 Å². The molecule has 1 aliphatic rings. The van der Waals surface area contributed by atoms with Gasteiger partial charge in [0.05, 0.1) is 13.2 Å². The fourth-order valence-corrected chi connectivity index (χ4v) is 2.25. The fourth-order valence-electron chi connectivity index (χ4n) is 2.25.